The zero-order valence-electron chi connectivity index (χ0n) is 11.5. The number of amides is 1. The van der Waals surface area contributed by atoms with Crippen LogP contribution in [0.15, 0.2) is 27.6 Å². The van der Waals surface area contributed by atoms with Crippen molar-refractivity contribution < 1.29 is 14.7 Å². The number of carbonyl (C=O) groups excluding carboxylic acids is 1. The molecule has 6 heteroatoms. The van der Waals surface area contributed by atoms with Crippen molar-refractivity contribution >= 4 is 39.6 Å². The lowest BCUT2D eigenvalue weighted by molar-refractivity contribution is -0.137. The number of rotatable bonds is 7. The van der Waals surface area contributed by atoms with Crippen LogP contribution >= 0.6 is 27.7 Å². The average molecular weight is 360 g/mol. The van der Waals surface area contributed by atoms with Crippen LogP contribution in [0.2, 0.25) is 0 Å². The van der Waals surface area contributed by atoms with Gasteiger partial charge in [0.05, 0.1) is 5.75 Å². The molecule has 0 saturated carbocycles. The summed E-state index contributed by atoms with van der Waals surface area (Å²) in [6.45, 7) is 3.82. The van der Waals surface area contributed by atoms with Gasteiger partial charge in [0, 0.05) is 21.8 Å². The van der Waals surface area contributed by atoms with E-state index in [9.17, 15) is 9.59 Å². The first-order valence-electron chi connectivity index (χ1n) is 6.28. The lowest BCUT2D eigenvalue weighted by atomic mass is 10.2. The Morgan fingerprint density at radius 1 is 1.45 bits per heavy atom. The molecular formula is C14H18BrNO3S. The Hall–Kier alpha value is -1.01. The third-order valence-electron chi connectivity index (χ3n) is 2.69. The third-order valence-corrected chi connectivity index (χ3v) is 4.36. The Morgan fingerprint density at radius 2 is 2.15 bits per heavy atom. The van der Waals surface area contributed by atoms with E-state index in [2.05, 4.69) is 21.2 Å². The second-order valence-corrected chi connectivity index (χ2v) is 6.53. The topological polar surface area (TPSA) is 66.4 Å². The van der Waals surface area contributed by atoms with Gasteiger partial charge in [0.1, 0.15) is 0 Å². The van der Waals surface area contributed by atoms with Gasteiger partial charge in [0.15, 0.2) is 0 Å². The minimum absolute atomic E-state index is 0.0699. The number of benzene rings is 1. The Labute approximate surface area is 131 Å². The predicted molar refractivity (Wildman–Crippen MR) is 84.1 cm³/mol. The maximum Gasteiger partial charge on any atom is 0.303 e. The molecular weight excluding hydrogens is 342 g/mol. The highest BCUT2D eigenvalue weighted by atomic mass is 79.9. The first kappa shape index (κ1) is 17.0. The number of carbonyl (C=O) groups is 2. The predicted octanol–water partition coefficient (Wildman–Crippen LogP) is 3.22. The van der Waals surface area contributed by atoms with Crippen molar-refractivity contribution in [1.82, 2.24) is 5.32 Å². The van der Waals surface area contributed by atoms with Gasteiger partial charge in [-0.05, 0) is 44.0 Å². The molecule has 110 valence electrons. The minimum atomic E-state index is -0.842. The molecule has 0 saturated heterocycles. The van der Waals surface area contributed by atoms with E-state index in [1.54, 1.807) is 0 Å². The van der Waals surface area contributed by atoms with E-state index >= 15 is 0 Å². The fraction of sp³-hybridized carbons (Fsp3) is 0.429. The van der Waals surface area contributed by atoms with Crippen LogP contribution in [-0.2, 0) is 9.59 Å². The van der Waals surface area contributed by atoms with Gasteiger partial charge in [-0.1, -0.05) is 15.9 Å². The molecule has 0 aromatic heterocycles. The van der Waals surface area contributed by atoms with Gasteiger partial charge < -0.3 is 10.4 Å². The van der Waals surface area contributed by atoms with Crippen LogP contribution < -0.4 is 5.32 Å². The number of halogens is 1. The molecule has 1 unspecified atom stereocenters. The molecule has 0 heterocycles. The Bertz CT molecular complexity index is 493. The van der Waals surface area contributed by atoms with Gasteiger partial charge in [-0.25, -0.2) is 0 Å². The summed E-state index contributed by atoms with van der Waals surface area (Å²) in [5.74, 6) is -0.582. The lowest BCUT2D eigenvalue weighted by Gasteiger charge is -2.13. The summed E-state index contributed by atoms with van der Waals surface area (Å²) in [5, 5.41) is 11.4. The highest BCUT2D eigenvalue weighted by Gasteiger charge is 2.10. The molecule has 0 fully saturated rings. The van der Waals surface area contributed by atoms with Crippen LogP contribution in [0.4, 0.5) is 0 Å². The number of hydrogen-bond acceptors (Lipinski definition) is 3. The number of thioether (sulfide) groups is 1. The molecule has 4 nitrogen and oxygen atoms in total. The zero-order chi connectivity index (χ0) is 15.1. The number of aliphatic carboxylic acids is 1. The molecule has 1 amide bonds. The van der Waals surface area contributed by atoms with Gasteiger partial charge in [-0.3, -0.25) is 9.59 Å². The minimum Gasteiger partial charge on any atom is -0.481 e. The van der Waals surface area contributed by atoms with Crippen LogP contribution in [-0.4, -0.2) is 28.8 Å². The summed E-state index contributed by atoms with van der Waals surface area (Å²) in [6, 6.07) is 5.81. The fourth-order valence-corrected chi connectivity index (χ4v) is 2.94. The lowest BCUT2D eigenvalue weighted by Crippen LogP contribution is -2.34. The number of nitrogens with one attached hydrogen (secondary N) is 1. The smallest absolute Gasteiger partial charge is 0.303 e. The van der Waals surface area contributed by atoms with Crippen molar-refractivity contribution in [1.29, 1.82) is 0 Å². The largest absolute Gasteiger partial charge is 0.481 e. The molecule has 0 spiro atoms. The Balaban J connectivity index is 2.37. The van der Waals surface area contributed by atoms with Gasteiger partial charge in [0.2, 0.25) is 5.91 Å². The van der Waals surface area contributed by atoms with E-state index < -0.39 is 5.97 Å². The first-order valence-corrected chi connectivity index (χ1v) is 8.06. The number of aryl methyl sites for hydroxylation is 1. The SMILES string of the molecule is Cc1cc(Br)ccc1SCC(=O)NC(C)CCC(=O)O. The van der Waals surface area contributed by atoms with Crippen LogP contribution in [0.3, 0.4) is 0 Å². The van der Waals surface area contributed by atoms with Crippen molar-refractivity contribution in [3.63, 3.8) is 0 Å². The van der Waals surface area contributed by atoms with E-state index in [1.807, 2.05) is 32.0 Å². The summed E-state index contributed by atoms with van der Waals surface area (Å²) in [5.41, 5.74) is 1.12. The molecule has 1 aromatic carbocycles. The molecule has 1 atom stereocenters. The first-order chi connectivity index (χ1) is 9.38. The second kappa shape index (κ2) is 8.32. The van der Waals surface area contributed by atoms with Crippen molar-refractivity contribution in [2.45, 2.75) is 37.6 Å². The van der Waals surface area contributed by atoms with Gasteiger partial charge in [-0.2, -0.15) is 0 Å². The normalized spacial score (nSPS) is 11.9. The van der Waals surface area contributed by atoms with E-state index in [4.69, 9.17) is 5.11 Å². The maximum absolute atomic E-state index is 11.8. The number of carboxylic acids is 1. The monoisotopic (exact) mass is 359 g/mol. The van der Waals surface area contributed by atoms with Crippen molar-refractivity contribution in [3.05, 3.63) is 28.2 Å². The molecule has 0 aliphatic heterocycles. The van der Waals surface area contributed by atoms with E-state index in [-0.39, 0.29) is 18.4 Å². The van der Waals surface area contributed by atoms with Crippen molar-refractivity contribution in [2.75, 3.05) is 5.75 Å². The third kappa shape index (κ3) is 6.43. The quantitative estimate of drug-likeness (QED) is 0.733. The molecule has 2 N–H and O–H groups in total. The van der Waals surface area contributed by atoms with Gasteiger partial charge in [-0.15, -0.1) is 11.8 Å². The molecule has 20 heavy (non-hydrogen) atoms. The summed E-state index contributed by atoms with van der Waals surface area (Å²) in [7, 11) is 0. The van der Waals surface area contributed by atoms with Crippen molar-refractivity contribution in [2.24, 2.45) is 0 Å². The van der Waals surface area contributed by atoms with Crippen LogP contribution in [0.5, 0.6) is 0 Å². The molecule has 1 aromatic rings. The molecule has 0 aliphatic rings. The van der Waals surface area contributed by atoms with E-state index in [1.165, 1.54) is 11.8 Å². The fourth-order valence-electron chi connectivity index (χ4n) is 1.65. The second-order valence-electron chi connectivity index (χ2n) is 4.60. The maximum atomic E-state index is 11.8. The number of hydrogen-bond donors (Lipinski definition) is 2. The van der Waals surface area contributed by atoms with E-state index in [0.717, 1.165) is 14.9 Å². The van der Waals surface area contributed by atoms with Crippen LogP contribution in [0, 0.1) is 6.92 Å². The van der Waals surface area contributed by atoms with Crippen LogP contribution in [0.1, 0.15) is 25.3 Å². The van der Waals surface area contributed by atoms with Crippen LogP contribution in [0.25, 0.3) is 0 Å². The Morgan fingerprint density at radius 3 is 2.75 bits per heavy atom. The highest BCUT2D eigenvalue weighted by Crippen LogP contribution is 2.25. The van der Waals surface area contributed by atoms with E-state index in [0.29, 0.717) is 12.2 Å². The highest BCUT2D eigenvalue weighted by molar-refractivity contribution is 9.10. The summed E-state index contributed by atoms with van der Waals surface area (Å²) < 4.78 is 1.02. The summed E-state index contributed by atoms with van der Waals surface area (Å²) in [6.07, 6.45) is 0.517. The summed E-state index contributed by atoms with van der Waals surface area (Å²) >= 11 is 4.88. The number of carboxylic acid groups (broad SMARTS) is 1. The van der Waals surface area contributed by atoms with Gasteiger partial charge in [0.25, 0.3) is 0 Å². The molecule has 0 bridgehead atoms. The molecule has 1 rings (SSSR count). The zero-order valence-corrected chi connectivity index (χ0v) is 13.9. The Kier molecular flexibility index (Phi) is 7.09. The molecule has 0 radical (unpaired) electrons. The standard InChI is InChI=1S/C14H18BrNO3S/c1-9-7-11(15)4-5-12(9)20-8-13(17)16-10(2)3-6-14(18)19/h4-5,7,10H,3,6,8H2,1-2H3,(H,16,17)(H,18,19). The van der Waals surface area contributed by atoms with Gasteiger partial charge >= 0.3 is 5.97 Å². The average Bonchev–Trinajstić information content (AvgIpc) is 2.35. The summed E-state index contributed by atoms with van der Waals surface area (Å²) in [4.78, 5) is 23.3. The molecule has 0 aliphatic carbocycles. The van der Waals surface area contributed by atoms with Crippen molar-refractivity contribution in [3.8, 4) is 0 Å².